The maximum absolute atomic E-state index is 12.7. The van der Waals surface area contributed by atoms with Crippen LogP contribution in [-0.2, 0) is 10.4 Å². The zero-order chi connectivity index (χ0) is 17.3. The van der Waals surface area contributed by atoms with Crippen molar-refractivity contribution in [2.24, 2.45) is 5.92 Å². The van der Waals surface area contributed by atoms with Crippen LogP contribution >= 0.6 is 0 Å². The molecule has 0 radical (unpaired) electrons. The van der Waals surface area contributed by atoms with Gasteiger partial charge in [-0.15, -0.1) is 0 Å². The second kappa shape index (κ2) is 6.59. The topological polar surface area (TPSA) is 82.1 Å². The van der Waals surface area contributed by atoms with E-state index in [9.17, 15) is 9.90 Å². The SMILES string of the molecule is O=C(CC1CC(c2ccccc2)C1)N1CCCC(O)(c2cn[nH]n2)C1. The summed E-state index contributed by atoms with van der Waals surface area (Å²) in [6, 6.07) is 10.5. The average Bonchev–Trinajstić information content (AvgIpc) is 3.14. The molecule has 1 aliphatic heterocycles. The summed E-state index contributed by atoms with van der Waals surface area (Å²) >= 11 is 0. The van der Waals surface area contributed by atoms with Crippen LogP contribution in [0.3, 0.4) is 0 Å². The number of likely N-dealkylation sites (tertiary alicyclic amines) is 1. The zero-order valence-corrected chi connectivity index (χ0v) is 14.3. The molecule has 132 valence electrons. The van der Waals surface area contributed by atoms with Crippen LogP contribution in [0.25, 0.3) is 0 Å². The van der Waals surface area contributed by atoms with Crippen molar-refractivity contribution >= 4 is 5.91 Å². The number of aromatic amines is 1. The van der Waals surface area contributed by atoms with Crippen molar-refractivity contribution in [2.75, 3.05) is 13.1 Å². The molecule has 4 rings (SSSR count). The largest absolute Gasteiger partial charge is 0.382 e. The van der Waals surface area contributed by atoms with Crippen LogP contribution in [0.1, 0.15) is 49.3 Å². The van der Waals surface area contributed by atoms with Crippen molar-refractivity contribution in [3.05, 3.63) is 47.8 Å². The Morgan fingerprint density at radius 1 is 1.32 bits per heavy atom. The second-order valence-electron chi connectivity index (χ2n) is 7.45. The first-order valence-electron chi connectivity index (χ1n) is 9.05. The van der Waals surface area contributed by atoms with E-state index in [1.54, 1.807) is 11.1 Å². The minimum atomic E-state index is -1.08. The van der Waals surface area contributed by atoms with Gasteiger partial charge in [0.2, 0.25) is 5.91 Å². The second-order valence-corrected chi connectivity index (χ2v) is 7.45. The summed E-state index contributed by atoms with van der Waals surface area (Å²) in [6.07, 6.45) is 5.69. The normalized spacial score (nSPS) is 29.2. The van der Waals surface area contributed by atoms with Gasteiger partial charge in [0.05, 0.1) is 12.7 Å². The number of nitrogens with one attached hydrogen (secondary N) is 1. The Kier molecular flexibility index (Phi) is 4.29. The number of benzene rings is 1. The molecule has 1 aliphatic carbocycles. The molecule has 1 saturated carbocycles. The summed E-state index contributed by atoms with van der Waals surface area (Å²) in [5.41, 5.74) is 0.829. The third kappa shape index (κ3) is 3.31. The number of aromatic nitrogens is 3. The molecule has 25 heavy (non-hydrogen) atoms. The highest BCUT2D eigenvalue weighted by Gasteiger charge is 2.40. The predicted octanol–water partition coefficient (Wildman–Crippen LogP) is 2.20. The predicted molar refractivity (Wildman–Crippen MR) is 92.6 cm³/mol. The molecule has 1 aromatic heterocycles. The average molecular weight is 340 g/mol. The van der Waals surface area contributed by atoms with E-state index in [4.69, 9.17) is 0 Å². The van der Waals surface area contributed by atoms with Gasteiger partial charge in [-0.3, -0.25) is 4.79 Å². The fourth-order valence-corrected chi connectivity index (χ4v) is 4.16. The number of carbonyl (C=O) groups is 1. The number of aliphatic hydroxyl groups is 1. The van der Waals surface area contributed by atoms with Gasteiger partial charge >= 0.3 is 0 Å². The van der Waals surface area contributed by atoms with Gasteiger partial charge in [0.25, 0.3) is 0 Å². The summed E-state index contributed by atoms with van der Waals surface area (Å²) in [7, 11) is 0. The fraction of sp³-hybridized carbons (Fsp3) is 0.526. The van der Waals surface area contributed by atoms with Crippen LogP contribution in [0.4, 0.5) is 0 Å². The van der Waals surface area contributed by atoms with Crippen molar-refractivity contribution in [3.63, 3.8) is 0 Å². The zero-order valence-electron chi connectivity index (χ0n) is 14.3. The van der Waals surface area contributed by atoms with Gasteiger partial charge in [0.15, 0.2) is 0 Å². The monoisotopic (exact) mass is 340 g/mol. The molecule has 2 aliphatic rings. The summed E-state index contributed by atoms with van der Waals surface area (Å²) < 4.78 is 0. The molecule has 1 aromatic carbocycles. The van der Waals surface area contributed by atoms with Crippen LogP contribution in [0.15, 0.2) is 36.5 Å². The van der Waals surface area contributed by atoms with Crippen molar-refractivity contribution in [1.29, 1.82) is 0 Å². The molecule has 2 aromatic rings. The lowest BCUT2D eigenvalue weighted by atomic mass is 9.70. The van der Waals surface area contributed by atoms with Crippen LogP contribution in [0, 0.1) is 5.92 Å². The molecular formula is C19H24N4O2. The van der Waals surface area contributed by atoms with Crippen molar-refractivity contribution in [2.45, 2.75) is 43.6 Å². The molecule has 2 heterocycles. The molecule has 0 spiro atoms. The summed E-state index contributed by atoms with van der Waals surface area (Å²) in [6.45, 7) is 1.03. The number of H-pyrrole nitrogens is 1. The number of amides is 1. The van der Waals surface area contributed by atoms with Gasteiger partial charge in [-0.25, -0.2) is 0 Å². The number of hydrogen-bond acceptors (Lipinski definition) is 4. The van der Waals surface area contributed by atoms with Crippen LogP contribution in [-0.4, -0.2) is 44.4 Å². The van der Waals surface area contributed by atoms with E-state index >= 15 is 0 Å². The Hall–Kier alpha value is -2.21. The van der Waals surface area contributed by atoms with Crippen molar-refractivity contribution in [1.82, 2.24) is 20.3 Å². The maximum atomic E-state index is 12.7. The van der Waals surface area contributed by atoms with Gasteiger partial charge in [0, 0.05) is 13.0 Å². The number of carbonyl (C=O) groups excluding carboxylic acids is 1. The first-order chi connectivity index (χ1) is 12.1. The van der Waals surface area contributed by atoms with E-state index < -0.39 is 5.60 Å². The highest BCUT2D eigenvalue weighted by atomic mass is 16.3. The fourth-order valence-electron chi connectivity index (χ4n) is 4.16. The third-order valence-electron chi connectivity index (χ3n) is 5.69. The number of piperidine rings is 1. The summed E-state index contributed by atoms with van der Waals surface area (Å²) in [4.78, 5) is 14.5. The highest BCUT2D eigenvalue weighted by molar-refractivity contribution is 5.76. The molecule has 2 N–H and O–H groups in total. The number of nitrogens with zero attached hydrogens (tertiary/aromatic N) is 3. The smallest absolute Gasteiger partial charge is 0.222 e. The molecular weight excluding hydrogens is 316 g/mol. The lowest BCUT2D eigenvalue weighted by Crippen LogP contribution is -2.49. The van der Waals surface area contributed by atoms with Gasteiger partial charge < -0.3 is 10.0 Å². The minimum absolute atomic E-state index is 0.151. The van der Waals surface area contributed by atoms with E-state index in [2.05, 4.69) is 39.7 Å². The van der Waals surface area contributed by atoms with E-state index in [0.29, 0.717) is 43.5 Å². The van der Waals surface area contributed by atoms with Gasteiger partial charge in [-0.05, 0) is 43.1 Å². The standard InChI is InChI=1S/C19H24N4O2/c24-18(11-14-9-16(10-14)15-5-2-1-3-6-15)23-8-4-7-19(25,13-23)17-12-20-22-21-17/h1-3,5-6,12,14,16,25H,4,7-11,13H2,(H,20,21,22). The van der Waals surface area contributed by atoms with Crippen molar-refractivity contribution < 1.29 is 9.90 Å². The Labute approximate surface area is 147 Å². The molecule has 1 amide bonds. The van der Waals surface area contributed by atoms with E-state index in [-0.39, 0.29) is 5.91 Å². The summed E-state index contributed by atoms with van der Waals surface area (Å²) in [5, 5.41) is 21.2. The van der Waals surface area contributed by atoms with E-state index in [1.807, 2.05) is 6.07 Å². The molecule has 1 saturated heterocycles. The molecule has 0 bridgehead atoms. The van der Waals surface area contributed by atoms with Crippen LogP contribution < -0.4 is 0 Å². The Bertz CT molecular complexity index is 712. The Morgan fingerprint density at radius 2 is 2.12 bits per heavy atom. The first-order valence-corrected chi connectivity index (χ1v) is 9.05. The quantitative estimate of drug-likeness (QED) is 0.894. The Morgan fingerprint density at radius 3 is 2.84 bits per heavy atom. The van der Waals surface area contributed by atoms with Gasteiger partial charge in [-0.1, -0.05) is 30.3 Å². The number of hydrogen-bond donors (Lipinski definition) is 2. The lowest BCUT2D eigenvalue weighted by Gasteiger charge is -2.40. The van der Waals surface area contributed by atoms with Gasteiger partial charge in [0.1, 0.15) is 11.3 Å². The van der Waals surface area contributed by atoms with Gasteiger partial charge in [-0.2, -0.15) is 15.4 Å². The molecule has 1 atom stereocenters. The first kappa shape index (κ1) is 16.3. The highest BCUT2D eigenvalue weighted by Crippen LogP contribution is 2.43. The summed E-state index contributed by atoms with van der Waals surface area (Å²) in [5.74, 6) is 1.20. The number of rotatable bonds is 4. The van der Waals surface area contributed by atoms with E-state index in [1.165, 1.54) is 5.56 Å². The minimum Gasteiger partial charge on any atom is -0.382 e. The van der Waals surface area contributed by atoms with Crippen LogP contribution in [0.2, 0.25) is 0 Å². The molecule has 6 nitrogen and oxygen atoms in total. The molecule has 2 fully saturated rings. The maximum Gasteiger partial charge on any atom is 0.222 e. The molecule has 6 heteroatoms. The molecule has 1 unspecified atom stereocenters. The Balaban J connectivity index is 1.32. The van der Waals surface area contributed by atoms with E-state index in [0.717, 1.165) is 19.3 Å². The third-order valence-corrected chi connectivity index (χ3v) is 5.69. The lowest BCUT2D eigenvalue weighted by molar-refractivity contribution is -0.140. The van der Waals surface area contributed by atoms with Crippen LogP contribution in [0.5, 0.6) is 0 Å². The van der Waals surface area contributed by atoms with Crippen molar-refractivity contribution in [3.8, 4) is 0 Å². The number of β-amino-alcohol motifs (C(OH)–C–C–N with tert-alkyl or cyclic N) is 1.